The number of fused-ring (bicyclic) bond motifs is 1. The predicted molar refractivity (Wildman–Crippen MR) is 117 cm³/mol. The summed E-state index contributed by atoms with van der Waals surface area (Å²) < 4.78 is 1.69. The second-order valence-electron chi connectivity index (χ2n) is 7.78. The largest absolute Gasteiger partial charge is 0.314 e. The van der Waals surface area contributed by atoms with Crippen molar-refractivity contribution in [1.29, 1.82) is 0 Å². The van der Waals surface area contributed by atoms with Crippen LogP contribution in [0.1, 0.15) is 55.3 Å². The van der Waals surface area contributed by atoms with Gasteiger partial charge in [0.2, 0.25) is 0 Å². The van der Waals surface area contributed by atoms with Gasteiger partial charge in [-0.05, 0) is 37.3 Å². The van der Waals surface area contributed by atoms with E-state index < -0.39 is 0 Å². The van der Waals surface area contributed by atoms with Gasteiger partial charge in [-0.2, -0.15) is 0 Å². The van der Waals surface area contributed by atoms with E-state index >= 15 is 0 Å². The van der Waals surface area contributed by atoms with Crippen molar-refractivity contribution in [1.82, 2.24) is 4.57 Å². The zero-order valence-electron chi connectivity index (χ0n) is 17.3. The van der Waals surface area contributed by atoms with Crippen LogP contribution in [0.4, 0.5) is 0 Å². The quantitative estimate of drug-likeness (QED) is 0.393. The molecule has 1 heterocycles. The van der Waals surface area contributed by atoms with Gasteiger partial charge in [0.15, 0.2) is 0 Å². The predicted octanol–water partition coefficient (Wildman–Crippen LogP) is 5.69. The highest BCUT2D eigenvalue weighted by Gasteiger charge is 2.23. The van der Waals surface area contributed by atoms with E-state index in [1.807, 2.05) is 19.1 Å². The Kier molecular flexibility index (Phi) is 6.13. The van der Waals surface area contributed by atoms with Crippen LogP contribution in [-0.2, 0) is 11.8 Å². The molecule has 0 fully saturated rings. The molecule has 0 bridgehead atoms. The van der Waals surface area contributed by atoms with Gasteiger partial charge in [-0.1, -0.05) is 73.7 Å². The lowest BCUT2D eigenvalue weighted by molar-refractivity contribution is -0.109. The number of hydrogen-bond acceptors (Lipinski definition) is 2. The molecule has 1 atom stereocenters. The lowest BCUT2D eigenvalue weighted by Gasteiger charge is -2.22. The molecule has 0 N–H and O–H groups in total. The first-order valence-corrected chi connectivity index (χ1v) is 10.1. The summed E-state index contributed by atoms with van der Waals surface area (Å²) in [5.74, 6) is -0.287. The van der Waals surface area contributed by atoms with Crippen LogP contribution in [0.3, 0.4) is 0 Å². The Bertz CT molecular complexity index is 1040. The first-order chi connectivity index (χ1) is 13.5. The standard InChI is InChI=1S/C25H29NO2/c1-5-6-7-8-20(16-27)24-23(19-12-9-17(2)10-13-19)22-15-18(3)11-14-21(22)25(28)26(24)4/h9-16,20H,5-8H2,1-4H3. The molecule has 0 radical (unpaired) electrons. The number of benzene rings is 2. The molecule has 3 nitrogen and oxygen atoms in total. The highest BCUT2D eigenvalue weighted by Crippen LogP contribution is 2.36. The van der Waals surface area contributed by atoms with Gasteiger partial charge < -0.3 is 9.36 Å². The zero-order valence-corrected chi connectivity index (χ0v) is 17.3. The summed E-state index contributed by atoms with van der Waals surface area (Å²) >= 11 is 0. The molecular weight excluding hydrogens is 346 g/mol. The van der Waals surface area contributed by atoms with E-state index in [0.29, 0.717) is 5.39 Å². The Balaban J connectivity index is 2.36. The van der Waals surface area contributed by atoms with Crippen molar-refractivity contribution >= 4 is 17.1 Å². The number of aryl methyl sites for hydroxylation is 2. The summed E-state index contributed by atoms with van der Waals surface area (Å²) in [6.07, 6.45) is 4.95. The third-order valence-corrected chi connectivity index (χ3v) is 5.57. The monoisotopic (exact) mass is 375 g/mol. The molecule has 0 aliphatic heterocycles. The van der Waals surface area contributed by atoms with Gasteiger partial charge in [0.25, 0.3) is 5.56 Å². The maximum Gasteiger partial charge on any atom is 0.258 e. The van der Waals surface area contributed by atoms with Crippen LogP contribution < -0.4 is 5.56 Å². The first-order valence-electron chi connectivity index (χ1n) is 10.1. The molecule has 1 unspecified atom stereocenters. The van der Waals surface area contributed by atoms with E-state index in [-0.39, 0.29) is 11.5 Å². The lowest BCUT2D eigenvalue weighted by atomic mass is 9.88. The topological polar surface area (TPSA) is 39.1 Å². The van der Waals surface area contributed by atoms with Crippen molar-refractivity contribution in [3.05, 3.63) is 69.6 Å². The third-order valence-electron chi connectivity index (χ3n) is 5.57. The fraction of sp³-hybridized carbons (Fsp3) is 0.360. The Hall–Kier alpha value is -2.68. The molecule has 3 aromatic rings. The number of hydrogen-bond donors (Lipinski definition) is 0. The number of aromatic nitrogens is 1. The van der Waals surface area contributed by atoms with E-state index in [0.717, 1.165) is 59.7 Å². The van der Waals surface area contributed by atoms with Gasteiger partial charge in [-0.3, -0.25) is 4.79 Å². The number of nitrogens with zero attached hydrogens (tertiary/aromatic N) is 1. The minimum Gasteiger partial charge on any atom is -0.314 e. The van der Waals surface area contributed by atoms with Crippen LogP contribution in [0.15, 0.2) is 47.3 Å². The number of rotatable bonds is 7. The van der Waals surface area contributed by atoms with E-state index in [1.165, 1.54) is 5.56 Å². The normalized spacial score (nSPS) is 12.3. The summed E-state index contributed by atoms with van der Waals surface area (Å²) in [6.45, 7) is 6.25. The molecule has 3 heteroatoms. The van der Waals surface area contributed by atoms with Crippen molar-refractivity contribution in [2.24, 2.45) is 7.05 Å². The second-order valence-corrected chi connectivity index (χ2v) is 7.78. The third kappa shape index (κ3) is 3.80. The van der Waals surface area contributed by atoms with Gasteiger partial charge in [0, 0.05) is 23.7 Å². The molecule has 0 aliphatic carbocycles. The second kappa shape index (κ2) is 8.55. The number of aldehydes is 1. The summed E-state index contributed by atoms with van der Waals surface area (Å²) in [5, 5.41) is 1.63. The van der Waals surface area contributed by atoms with E-state index in [1.54, 1.807) is 11.6 Å². The Morgan fingerprint density at radius 2 is 1.64 bits per heavy atom. The fourth-order valence-corrected chi connectivity index (χ4v) is 3.99. The summed E-state index contributed by atoms with van der Waals surface area (Å²) in [7, 11) is 1.80. The number of carbonyl (C=O) groups excluding carboxylic acids is 1. The molecule has 0 saturated heterocycles. The maximum atomic E-state index is 13.1. The van der Waals surface area contributed by atoms with Crippen LogP contribution in [-0.4, -0.2) is 10.9 Å². The van der Waals surface area contributed by atoms with Crippen molar-refractivity contribution in [3.8, 4) is 11.1 Å². The van der Waals surface area contributed by atoms with Crippen molar-refractivity contribution in [3.63, 3.8) is 0 Å². The molecule has 3 rings (SSSR count). The Morgan fingerprint density at radius 1 is 0.964 bits per heavy atom. The van der Waals surface area contributed by atoms with Crippen LogP contribution >= 0.6 is 0 Å². The SMILES string of the molecule is CCCCCC(C=O)c1c(-c2ccc(C)cc2)c2cc(C)ccc2c(=O)n1C. The molecule has 0 amide bonds. The minimum atomic E-state index is -0.287. The summed E-state index contributed by atoms with van der Waals surface area (Å²) in [6, 6.07) is 14.3. The molecular formula is C25H29NO2. The maximum absolute atomic E-state index is 13.1. The highest BCUT2D eigenvalue weighted by atomic mass is 16.1. The van der Waals surface area contributed by atoms with Crippen LogP contribution in [0.2, 0.25) is 0 Å². The van der Waals surface area contributed by atoms with Gasteiger partial charge in [-0.25, -0.2) is 0 Å². The summed E-state index contributed by atoms with van der Waals surface area (Å²) in [5.41, 5.74) is 5.14. The smallest absolute Gasteiger partial charge is 0.258 e. The van der Waals surface area contributed by atoms with Gasteiger partial charge >= 0.3 is 0 Å². The molecule has 0 aliphatic rings. The lowest BCUT2D eigenvalue weighted by Crippen LogP contribution is -2.24. The number of carbonyl (C=O) groups is 1. The zero-order chi connectivity index (χ0) is 20.3. The molecule has 2 aromatic carbocycles. The van der Waals surface area contributed by atoms with Gasteiger partial charge in [-0.15, -0.1) is 0 Å². The van der Waals surface area contributed by atoms with E-state index in [9.17, 15) is 9.59 Å². The number of unbranched alkanes of at least 4 members (excludes halogenated alkanes) is 2. The first kappa shape index (κ1) is 20.1. The van der Waals surface area contributed by atoms with Crippen LogP contribution in [0.5, 0.6) is 0 Å². The molecule has 0 saturated carbocycles. The van der Waals surface area contributed by atoms with E-state index in [2.05, 4.69) is 44.2 Å². The Labute approximate surface area is 167 Å². The number of pyridine rings is 1. The average Bonchev–Trinajstić information content (AvgIpc) is 2.69. The molecule has 146 valence electrons. The van der Waals surface area contributed by atoms with Crippen molar-refractivity contribution in [2.75, 3.05) is 0 Å². The average molecular weight is 376 g/mol. The van der Waals surface area contributed by atoms with Crippen LogP contribution in [0.25, 0.3) is 21.9 Å². The minimum absolute atomic E-state index is 0.0387. The fourth-order valence-electron chi connectivity index (χ4n) is 3.99. The van der Waals surface area contributed by atoms with Crippen LogP contribution in [0, 0.1) is 13.8 Å². The van der Waals surface area contributed by atoms with Gasteiger partial charge in [0.1, 0.15) is 6.29 Å². The molecule has 0 spiro atoms. The highest BCUT2D eigenvalue weighted by molar-refractivity contribution is 5.98. The molecule has 1 aromatic heterocycles. The van der Waals surface area contributed by atoms with Crippen molar-refractivity contribution < 1.29 is 4.79 Å². The summed E-state index contributed by atoms with van der Waals surface area (Å²) in [4.78, 5) is 25.2. The van der Waals surface area contributed by atoms with E-state index in [4.69, 9.17) is 0 Å². The van der Waals surface area contributed by atoms with Gasteiger partial charge in [0.05, 0.1) is 5.92 Å². The molecule has 28 heavy (non-hydrogen) atoms. The van der Waals surface area contributed by atoms with Crippen molar-refractivity contribution in [2.45, 2.75) is 52.4 Å². The Morgan fingerprint density at radius 3 is 2.29 bits per heavy atom.